The Labute approximate surface area is 208 Å². The summed E-state index contributed by atoms with van der Waals surface area (Å²) in [6.45, 7) is 5.40. The fourth-order valence-electron chi connectivity index (χ4n) is 4.36. The van der Waals surface area contributed by atoms with E-state index in [1.165, 1.54) is 7.05 Å². The number of aromatic nitrogens is 3. The lowest BCUT2D eigenvalue weighted by molar-refractivity contribution is -0.159. The Morgan fingerprint density at radius 1 is 0.722 bits per heavy atom. The van der Waals surface area contributed by atoms with Crippen LogP contribution in [0.5, 0.6) is 0 Å². The number of nitrogens with zero attached hydrogens (tertiary/aromatic N) is 5. The summed E-state index contributed by atoms with van der Waals surface area (Å²) < 4.78 is 2.30. The van der Waals surface area contributed by atoms with E-state index in [0.717, 1.165) is 18.9 Å². The molecule has 36 heavy (non-hydrogen) atoms. The standard InChI is InChI=1S/C23H37N5O8/c1-6-10-11-25-20(34)27(12-15(29)7-2)22(36)28(21(25)35)14-16(30)13-26-18(32)23(8-3,9-4)17(31)24(5)19(26)33/h15-16,29-30H,6-14H2,1-5H3. The first kappa shape index (κ1) is 29.2. The normalized spacial score (nSPS) is 17.6. The molecule has 0 aromatic carbocycles. The fraction of sp³-hybridized carbons (Fsp3) is 0.739. The van der Waals surface area contributed by atoms with Gasteiger partial charge in [0.15, 0.2) is 0 Å². The Balaban J connectivity index is 2.47. The van der Waals surface area contributed by atoms with Gasteiger partial charge in [-0.3, -0.25) is 19.4 Å². The highest BCUT2D eigenvalue weighted by atomic mass is 16.3. The molecule has 1 aromatic rings. The summed E-state index contributed by atoms with van der Waals surface area (Å²) in [4.78, 5) is 79.0. The van der Waals surface area contributed by atoms with Crippen molar-refractivity contribution in [3.05, 3.63) is 31.5 Å². The fourth-order valence-corrected chi connectivity index (χ4v) is 4.36. The SMILES string of the molecule is CCCCn1c(=O)n(CC(O)CC)c(=O)n(CC(O)CN2C(=O)N(C)C(=O)C(CC)(CC)C2=O)c1=O. The van der Waals surface area contributed by atoms with E-state index in [1.807, 2.05) is 6.92 Å². The quantitative estimate of drug-likeness (QED) is 0.349. The zero-order valence-electron chi connectivity index (χ0n) is 21.6. The average molecular weight is 512 g/mol. The molecule has 4 amide bonds. The van der Waals surface area contributed by atoms with E-state index in [2.05, 4.69) is 0 Å². The van der Waals surface area contributed by atoms with Gasteiger partial charge in [0.25, 0.3) is 0 Å². The predicted molar refractivity (Wildman–Crippen MR) is 129 cm³/mol. The van der Waals surface area contributed by atoms with E-state index in [4.69, 9.17) is 0 Å². The number of unbranched alkanes of at least 4 members (excludes halogenated alkanes) is 1. The zero-order chi connectivity index (χ0) is 27.4. The van der Waals surface area contributed by atoms with E-state index in [0.29, 0.717) is 17.4 Å². The van der Waals surface area contributed by atoms with Crippen LogP contribution in [0, 0.1) is 5.41 Å². The smallest absolute Gasteiger partial charge is 0.336 e. The zero-order valence-corrected chi connectivity index (χ0v) is 21.6. The molecule has 1 fully saturated rings. The van der Waals surface area contributed by atoms with Crippen molar-refractivity contribution in [1.29, 1.82) is 0 Å². The van der Waals surface area contributed by atoms with Crippen molar-refractivity contribution in [2.75, 3.05) is 13.6 Å². The molecule has 202 valence electrons. The molecule has 0 aliphatic carbocycles. The first-order valence-electron chi connectivity index (χ1n) is 12.4. The van der Waals surface area contributed by atoms with Crippen LogP contribution < -0.4 is 17.1 Å². The van der Waals surface area contributed by atoms with Gasteiger partial charge in [-0.1, -0.05) is 34.1 Å². The number of hydrogen-bond donors (Lipinski definition) is 2. The van der Waals surface area contributed by atoms with E-state index < -0.39 is 65.6 Å². The second-order valence-electron chi connectivity index (χ2n) is 9.14. The van der Waals surface area contributed by atoms with Gasteiger partial charge in [0.05, 0.1) is 31.8 Å². The molecule has 0 spiro atoms. The van der Waals surface area contributed by atoms with Crippen LogP contribution in [-0.4, -0.2) is 77.4 Å². The summed E-state index contributed by atoms with van der Waals surface area (Å²) in [5.74, 6) is -1.37. The number of carbonyl (C=O) groups is 3. The Bertz CT molecular complexity index is 1160. The van der Waals surface area contributed by atoms with Crippen LogP contribution in [0.3, 0.4) is 0 Å². The van der Waals surface area contributed by atoms with E-state index in [1.54, 1.807) is 20.8 Å². The topological polar surface area (TPSA) is 164 Å². The molecule has 0 bridgehead atoms. The van der Waals surface area contributed by atoms with Crippen molar-refractivity contribution in [2.45, 2.75) is 91.6 Å². The minimum atomic E-state index is -1.54. The number of β-amino-alcohol motifs (C(OH)–C–C–N with tert-alkyl or cyclic N) is 1. The molecular formula is C23H37N5O8. The van der Waals surface area contributed by atoms with Crippen LogP contribution in [0.4, 0.5) is 4.79 Å². The largest absolute Gasteiger partial charge is 0.391 e. The Morgan fingerprint density at radius 3 is 1.69 bits per heavy atom. The highest BCUT2D eigenvalue weighted by Gasteiger charge is 2.54. The van der Waals surface area contributed by atoms with Crippen molar-refractivity contribution < 1.29 is 24.6 Å². The predicted octanol–water partition coefficient (Wildman–Crippen LogP) is -0.669. The molecular weight excluding hydrogens is 474 g/mol. The van der Waals surface area contributed by atoms with Gasteiger partial charge < -0.3 is 10.2 Å². The molecule has 0 radical (unpaired) electrons. The van der Waals surface area contributed by atoms with Gasteiger partial charge in [0.2, 0.25) is 11.8 Å². The Morgan fingerprint density at radius 2 is 1.22 bits per heavy atom. The molecule has 1 aliphatic rings. The Hall–Kier alpha value is -3.06. The van der Waals surface area contributed by atoms with Crippen molar-refractivity contribution in [1.82, 2.24) is 23.5 Å². The molecule has 0 saturated carbocycles. The summed E-state index contributed by atoms with van der Waals surface area (Å²) >= 11 is 0. The van der Waals surface area contributed by atoms with Crippen LogP contribution >= 0.6 is 0 Å². The third-order valence-electron chi connectivity index (χ3n) is 6.87. The maximum Gasteiger partial charge on any atom is 0.336 e. The number of rotatable bonds is 12. The molecule has 2 heterocycles. The van der Waals surface area contributed by atoms with E-state index >= 15 is 0 Å². The number of imide groups is 2. The molecule has 2 N–H and O–H groups in total. The second-order valence-corrected chi connectivity index (χ2v) is 9.14. The van der Waals surface area contributed by atoms with Gasteiger partial charge in [0.1, 0.15) is 5.41 Å². The first-order chi connectivity index (χ1) is 16.9. The van der Waals surface area contributed by atoms with E-state index in [9.17, 15) is 39.0 Å². The van der Waals surface area contributed by atoms with Gasteiger partial charge >= 0.3 is 23.1 Å². The lowest BCUT2D eigenvalue weighted by Gasteiger charge is -2.42. The molecule has 1 aromatic heterocycles. The number of aliphatic hydroxyl groups is 2. The number of aliphatic hydroxyl groups excluding tert-OH is 2. The third-order valence-corrected chi connectivity index (χ3v) is 6.87. The van der Waals surface area contributed by atoms with Gasteiger partial charge in [-0.2, -0.15) is 0 Å². The van der Waals surface area contributed by atoms with Gasteiger partial charge in [0, 0.05) is 13.6 Å². The molecule has 2 rings (SSSR count). The highest BCUT2D eigenvalue weighted by molar-refractivity contribution is 6.18. The van der Waals surface area contributed by atoms with Crippen molar-refractivity contribution in [2.24, 2.45) is 5.41 Å². The van der Waals surface area contributed by atoms with Crippen molar-refractivity contribution in [3.8, 4) is 0 Å². The summed E-state index contributed by atoms with van der Waals surface area (Å²) in [6, 6.07) is -0.912. The van der Waals surface area contributed by atoms with Crippen LogP contribution in [0.1, 0.15) is 59.8 Å². The van der Waals surface area contributed by atoms with Gasteiger partial charge in [-0.25, -0.2) is 32.9 Å². The molecule has 13 nitrogen and oxygen atoms in total. The monoisotopic (exact) mass is 511 g/mol. The summed E-state index contributed by atoms with van der Waals surface area (Å²) in [7, 11) is 1.25. The molecule has 2 unspecified atom stereocenters. The molecule has 1 saturated heterocycles. The van der Waals surface area contributed by atoms with Crippen LogP contribution in [-0.2, 0) is 29.2 Å². The molecule has 13 heteroatoms. The van der Waals surface area contributed by atoms with Crippen molar-refractivity contribution >= 4 is 17.8 Å². The van der Waals surface area contributed by atoms with Crippen molar-refractivity contribution in [3.63, 3.8) is 0 Å². The van der Waals surface area contributed by atoms with Gasteiger partial charge in [-0.05, 0) is 25.7 Å². The van der Waals surface area contributed by atoms with Crippen LogP contribution in [0.2, 0.25) is 0 Å². The maximum absolute atomic E-state index is 13.2. The van der Waals surface area contributed by atoms with Gasteiger partial charge in [-0.15, -0.1) is 0 Å². The lowest BCUT2D eigenvalue weighted by Crippen LogP contribution is -2.65. The number of barbiturate groups is 1. The van der Waals surface area contributed by atoms with E-state index in [-0.39, 0.29) is 32.4 Å². The summed E-state index contributed by atoms with van der Waals surface area (Å²) in [6.07, 6.45) is -0.816. The van der Waals surface area contributed by atoms with Crippen LogP contribution in [0.25, 0.3) is 0 Å². The van der Waals surface area contributed by atoms with Crippen LogP contribution in [0.15, 0.2) is 14.4 Å². The number of hydrogen-bond acceptors (Lipinski definition) is 8. The number of urea groups is 1. The lowest BCUT2D eigenvalue weighted by atomic mass is 9.78. The number of amides is 4. The average Bonchev–Trinajstić information content (AvgIpc) is 2.86. The highest BCUT2D eigenvalue weighted by Crippen LogP contribution is 2.35. The summed E-state index contributed by atoms with van der Waals surface area (Å²) in [5.41, 5.74) is -4.24. The molecule has 2 atom stereocenters. The second kappa shape index (κ2) is 11.8. The first-order valence-corrected chi connectivity index (χ1v) is 12.4. The minimum absolute atomic E-state index is 0.0400. The summed E-state index contributed by atoms with van der Waals surface area (Å²) in [5, 5.41) is 20.8. The maximum atomic E-state index is 13.2. The minimum Gasteiger partial charge on any atom is -0.391 e. The number of carbonyl (C=O) groups excluding carboxylic acids is 3. The third kappa shape index (κ3) is 5.21. The molecule has 1 aliphatic heterocycles. The Kier molecular flexibility index (Phi) is 9.55.